The molecule has 2 aromatic rings. The maximum absolute atomic E-state index is 12.7. The summed E-state index contributed by atoms with van der Waals surface area (Å²) in [5.74, 6) is -0.475. The third-order valence-corrected chi connectivity index (χ3v) is 4.09. The number of esters is 1. The van der Waals surface area contributed by atoms with E-state index in [4.69, 9.17) is 21.1 Å². The maximum atomic E-state index is 12.7. The Morgan fingerprint density at radius 2 is 1.79 bits per heavy atom. The lowest BCUT2D eigenvalue weighted by Crippen LogP contribution is -2.42. The zero-order valence-electron chi connectivity index (χ0n) is 15.7. The highest BCUT2D eigenvalue weighted by atomic mass is 35.5. The fourth-order valence-electron chi connectivity index (χ4n) is 2.50. The average Bonchev–Trinajstić information content (AvgIpc) is 2.63. The van der Waals surface area contributed by atoms with Crippen molar-refractivity contribution in [2.45, 2.75) is 32.5 Å². The van der Waals surface area contributed by atoms with Gasteiger partial charge in [-0.05, 0) is 42.8 Å². The molecule has 1 amide bonds. The minimum atomic E-state index is -4.49. The molecule has 5 nitrogen and oxygen atoms in total. The summed E-state index contributed by atoms with van der Waals surface area (Å²) >= 11 is 5.88. The van der Waals surface area contributed by atoms with Gasteiger partial charge in [-0.1, -0.05) is 23.7 Å². The lowest BCUT2D eigenvalue weighted by molar-refractivity contribution is -0.147. The Bertz CT molecular complexity index is 869. The van der Waals surface area contributed by atoms with E-state index >= 15 is 0 Å². The first kappa shape index (κ1) is 22.5. The number of rotatable bonds is 7. The summed E-state index contributed by atoms with van der Waals surface area (Å²) in [6.45, 7) is 3.16. The number of ether oxygens (including phenoxy) is 2. The summed E-state index contributed by atoms with van der Waals surface area (Å²) < 4.78 is 48.6. The van der Waals surface area contributed by atoms with Gasteiger partial charge in [0.15, 0.2) is 0 Å². The van der Waals surface area contributed by atoms with Gasteiger partial charge in [-0.3, -0.25) is 4.79 Å². The van der Waals surface area contributed by atoms with Crippen molar-refractivity contribution in [3.63, 3.8) is 0 Å². The predicted molar refractivity (Wildman–Crippen MR) is 101 cm³/mol. The molecule has 9 heteroatoms. The van der Waals surface area contributed by atoms with Gasteiger partial charge in [0.05, 0.1) is 17.2 Å². The second-order valence-electron chi connectivity index (χ2n) is 6.10. The van der Waals surface area contributed by atoms with E-state index < -0.39 is 23.8 Å². The van der Waals surface area contributed by atoms with Gasteiger partial charge < -0.3 is 14.8 Å². The van der Waals surface area contributed by atoms with Crippen molar-refractivity contribution in [1.82, 2.24) is 5.32 Å². The van der Waals surface area contributed by atoms with Crippen LogP contribution in [0.5, 0.6) is 11.5 Å². The summed E-state index contributed by atoms with van der Waals surface area (Å²) in [6.07, 6.45) is -4.28. The van der Waals surface area contributed by atoms with Crippen LogP contribution < -0.4 is 10.1 Å². The maximum Gasteiger partial charge on any atom is 0.416 e. The van der Waals surface area contributed by atoms with Gasteiger partial charge in [-0.2, -0.15) is 13.2 Å². The minimum absolute atomic E-state index is 0.0788. The van der Waals surface area contributed by atoms with Crippen molar-refractivity contribution >= 4 is 23.5 Å². The molecule has 2 rings (SSSR count). The van der Waals surface area contributed by atoms with E-state index in [1.807, 2.05) is 0 Å². The van der Waals surface area contributed by atoms with Crippen LogP contribution in [0.25, 0.3) is 0 Å². The monoisotopic (exact) mass is 429 g/mol. The number of carbonyl (C=O) groups is 2. The molecule has 1 unspecified atom stereocenters. The number of hydrogen-bond donors (Lipinski definition) is 1. The Morgan fingerprint density at radius 1 is 1.14 bits per heavy atom. The third-order valence-electron chi connectivity index (χ3n) is 3.80. The zero-order chi connectivity index (χ0) is 21.6. The predicted octanol–water partition coefficient (Wildman–Crippen LogP) is 4.76. The highest BCUT2D eigenvalue weighted by Crippen LogP contribution is 2.36. The fraction of sp³-hybridized carbons (Fsp3) is 0.300. The number of carbonyl (C=O) groups excluding carboxylic acids is 2. The lowest BCUT2D eigenvalue weighted by Gasteiger charge is -2.16. The Morgan fingerprint density at radius 3 is 2.31 bits per heavy atom. The van der Waals surface area contributed by atoms with E-state index in [1.165, 1.54) is 6.92 Å². The molecule has 1 atom stereocenters. The molecule has 156 valence electrons. The SMILES string of the molecule is CCOC(=O)C(Cc1ccc(Oc2ccc(C(F)(F)F)cc2Cl)cc1)NC(C)=O. The van der Waals surface area contributed by atoms with Crippen molar-refractivity contribution in [2.75, 3.05) is 6.61 Å². The summed E-state index contributed by atoms with van der Waals surface area (Å²) in [5, 5.41) is 2.37. The first-order valence-corrected chi connectivity index (χ1v) is 9.05. The average molecular weight is 430 g/mol. The van der Waals surface area contributed by atoms with Crippen LogP contribution in [-0.4, -0.2) is 24.5 Å². The molecule has 0 radical (unpaired) electrons. The van der Waals surface area contributed by atoms with Crippen LogP contribution in [0.2, 0.25) is 5.02 Å². The van der Waals surface area contributed by atoms with Crippen LogP contribution in [0.1, 0.15) is 25.0 Å². The first-order valence-electron chi connectivity index (χ1n) is 8.67. The Hall–Kier alpha value is -2.74. The molecule has 0 saturated heterocycles. The van der Waals surface area contributed by atoms with Gasteiger partial charge >= 0.3 is 12.1 Å². The van der Waals surface area contributed by atoms with Gasteiger partial charge in [0.2, 0.25) is 5.91 Å². The molecule has 0 heterocycles. The molecular formula is C20H19ClF3NO4. The van der Waals surface area contributed by atoms with Gasteiger partial charge in [0.1, 0.15) is 17.5 Å². The van der Waals surface area contributed by atoms with Gasteiger partial charge in [-0.15, -0.1) is 0 Å². The number of hydrogen-bond acceptors (Lipinski definition) is 4. The summed E-state index contributed by atoms with van der Waals surface area (Å²) in [6, 6.07) is 8.49. The van der Waals surface area contributed by atoms with Crippen molar-refractivity contribution in [3.05, 3.63) is 58.6 Å². The van der Waals surface area contributed by atoms with Crippen molar-refractivity contribution < 1.29 is 32.2 Å². The quantitative estimate of drug-likeness (QED) is 0.644. The molecule has 2 aromatic carbocycles. The smallest absolute Gasteiger partial charge is 0.416 e. The van der Waals surface area contributed by atoms with E-state index in [1.54, 1.807) is 31.2 Å². The van der Waals surface area contributed by atoms with Gasteiger partial charge in [0, 0.05) is 13.3 Å². The van der Waals surface area contributed by atoms with E-state index in [2.05, 4.69) is 5.32 Å². The zero-order valence-corrected chi connectivity index (χ0v) is 16.4. The highest BCUT2D eigenvalue weighted by molar-refractivity contribution is 6.32. The molecular weight excluding hydrogens is 411 g/mol. The van der Waals surface area contributed by atoms with Crippen LogP contribution in [-0.2, 0) is 26.9 Å². The van der Waals surface area contributed by atoms with Crippen LogP contribution in [0.15, 0.2) is 42.5 Å². The molecule has 0 aliphatic carbocycles. The Balaban J connectivity index is 2.09. The van der Waals surface area contributed by atoms with Crippen LogP contribution in [0.4, 0.5) is 13.2 Å². The number of halogens is 4. The summed E-state index contributed by atoms with van der Waals surface area (Å²) in [4.78, 5) is 23.3. The summed E-state index contributed by atoms with van der Waals surface area (Å²) in [7, 11) is 0. The van der Waals surface area contributed by atoms with Gasteiger partial charge in [0.25, 0.3) is 0 Å². The Kier molecular flexibility index (Phi) is 7.50. The minimum Gasteiger partial charge on any atom is -0.464 e. The second kappa shape index (κ2) is 9.65. The molecule has 0 aromatic heterocycles. The van der Waals surface area contributed by atoms with E-state index in [9.17, 15) is 22.8 Å². The van der Waals surface area contributed by atoms with Crippen molar-refractivity contribution in [2.24, 2.45) is 0 Å². The molecule has 0 fully saturated rings. The normalized spacial score (nSPS) is 12.2. The van der Waals surface area contributed by atoms with Crippen molar-refractivity contribution in [3.8, 4) is 11.5 Å². The molecule has 29 heavy (non-hydrogen) atoms. The third kappa shape index (κ3) is 6.67. The molecule has 0 spiro atoms. The number of alkyl halides is 3. The van der Waals surface area contributed by atoms with Crippen LogP contribution in [0, 0.1) is 0 Å². The molecule has 0 saturated carbocycles. The van der Waals surface area contributed by atoms with Crippen molar-refractivity contribution in [1.29, 1.82) is 0 Å². The van der Waals surface area contributed by atoms with E-state index in [0.29, 0.717) is 5.75 Å². The van der Waals surface area contributed by atoms with Crippen LogP contribution in [0.3, 0.4) is 0 Å². The second-order valence-corrected chi connectivity index (χ2v) is 6.51. The molecule has 0 aliphatic heterocycles. The summed E-state index contributed by atoms with van der Waals surface area (Å²) in [5.41, 5.74) is -0.143. The topological polar surface area (TPSA) is 64.6 Å². The van der Waals surface area contributed by atoms with E-state index in [0.717, 1.165) is 23.8 Å². The lowest BCUT2D eigenvalue weighted by atomic mass is 10.1. The fourth-order valence-corrected chi connectivity index (χ4v) is 2.72. The van der Waals surface area contributed by atoms with E-state index in [-0.39, 0.29) is 29.7 Å². The first-order chi connectivity index (χ1) is 13.6. The highest BCUT2D eigenvalue weighted by Gasteiger charge is 2.31. The van der Waals surface area contributed by atoms with Crippen LogP contribution >= 0.6 is 11.6 Å². The Labute approximate surface area is 170 Å². The number of benzene rings is 2. The molecule has 1 N–H and O–H groups in total. The molecule has 0 aliphatic rings. The number of nitrogens with one attached hydrogen (secondary N) is 1. The van der Waals surface area contributed by atoms with Gasteiger partial charge in [-0.25, -0.2) is 4.79 Å². The largest absolute Gasteiger partial charge is 0.464 e. The molecule has 0 bridgehead atoms. The number of amides is 1. The standard InChI is InChI=1S/C20H19ClF3NO4/c1-3-28-19(27)17(25-12(2)26)10-13-4-7-15(8-5-13)29-18-9-6-14(11-16(18)21)20(22,23)24/h4-9,11,17H,3,10H2,1-2H3,(H,25,26).